The molecule has 0 spiro atoms. The van der Waals surface area contributed by atoms with Crippen LogP contribution >= 0.6 is 0 Å². The normalized spacial score (nSPS) is 19.8. The Bertz CT molecular complexity index is 1140. The third-order valence-corrected chi connectivity index (χ3v) is 6.57. The first-order chi connectivity index (χ1) is 18.0. The number of benzene rings is 2. The van der Waals surface area contributed by atoms with Crippen molar-refractivity contribution in [1.82, 2.24) is 4.90 Å². The molecule has 5 nitrogen and oxygen atoms in total. The number of esters is 2. The number of halogens is 6. The molecule has 3 rings (SSSR count). The van der Waals surface area contributed by atoms with Crippen LogP contribution in [0.3, 0.4) is 0 Å². The van der Waals surface area contributed by atoms with E-state index in [1.54, 1.807) is 25.7 Å². The lowest BCUT2D eigenvalue weighted by Gasteiger charge is -2.43. The number of carbonyl (C=O) groups excluding carboxylic acids is 2. The van der Waals surface area contributed by atoms with Crippen LogP contribution in [0.5, 0.6) is 0 Å². The third kappa shape index (κ3) is 7.97. The SMILES string of the molecule is COC(=O)C[C@@H]1CCN([C@H](C(=O)OC(C)(C)C)c2ccc(C(F)(F)F)cc2)[C@H](c2ccc(C(F)(F)F)cc2)C1. The van der Waals surface area contributed by atoms with Gasteiger partial charge in [0.2, 0.25) is 0 Å². The fourth-order valence-electron chi connectivity index (χ4n) is 4.77. The highest BCUT2D eigenvalue weighted by molar-refractivity contribution is 5.78. The summed E-state index contributed by atoms with van der Waals surface area (Å²) in [5.41, 5.74) is -1.91. The quantitative estimate of drug-likeness (QED) is 0.279. The second-order valence-electron chi connectivity index (χ2n) is 10.6. The predicted molar refractivity (Wildman–Crippen MR) is 130 cm³/mol. The highest BCUT2D eigenvalue weighted by atomic mass is 19.4. The summed E-state index contributed by atoms with van der Waals surface area (Å²) in [6.07, 6.45) is -8.28. The summed E-state index contributed by atoms with van der Waals surface area (Å²) < 4.78 is 89.7. The van der Waals surface area contributed by atoms with E-state index in [0.29, 0.717) is 18.4 Å². The molecule has 0 bridgehead atoms. The zero-order valence-corrected chi connectivity index (χ0v) is 22.0. The van der Waals surface area contributed by atoms with Gasteiger partial charge in [0.15, 0.2) is 0 Å². The molecule has 39 heavy (non-hydrogen) atoms. The number of ether oxygens (including phenoxy) is 2. The number of nitrogens with zero attached hydrogens (tertiary/aromatic N) is 1. The molecule has 2 aromatic carbocycles. The van der Waals surface area contributed by atoms with Crippen LogP contribution in [0.25, 0.3) is 0 Å². The van der Waals surface area contributed by atoms with Crippen molar-refractivity contribution in [2.24, 2.45) is 5.92 Å². The fraction of sp³-hybridized carbons (Fsp3) is 0.500. The first-order valence-electron chi connectivity index (χ1n) is 12.4. The Morgan fingerprint density at radius 3 is 1.87 bits per heavy atom. The molecule has 0 N–H and O–H groups in total. The molecular weight excluding hydrogens is 528 g/mol. The van der Waals surface area contributed by atoms with Gasteiger partial charge < -0.3 is 9.47 Å². The molecule has 1 aliphatic heterocycles. The lowest BCUT2D eigenvalue weighted by Crippen LogP contribution is -2.44. The van der Waals surface area contributed by atoms with E-state index in [-0.39, 0.29) is 24.4 Å². The number of piperidine rings is 1. The number of carbonyl (C=O) groups is 2. The molecule has 0 unspecified atom stereocenters. The van der Waals surface area contributed by atoms with Crippen LogP contribution in [0.1, 0.15) is 74.4 Å². The lowest BCUT2D eigenvalue weighted by molar-refractivity contribution is -0.164. The van der Waals surface area contributed by atoms with Crippen molar-refractivity contribution in [3.8, 4) is 0 Å². The molecule has 0 aromatic heterocycles. The summed E-state index contributed by atoms with van der Waals surface area (Å²) >= 11 is 0. The van der Waals surface area contributed by atoms with Gasteiger partial charge in [-0.1, -0.05) is 24.3 Å². The summed E-state index contributed by atoms with van der Waals surface area (Å²) in [4.78, 5) is 27.2. The van der Waals surface area contributed by atoms with E-state index in [1.165, 1.54) is 31.4 Å². The second kappa shape index (κ2) is 11.6. The highest BCUT2D eigenvalue weighted by Crippen LogP contribution is 2.43. The van der Waals surface area contributed by atoms with Crippen LogP contribution in [0.4, 0.5) is 26.3 Å². The minimum Gasteiger partial charge on any atom is -0.469 e. The average molecular weight is 560 g/mol. The molecule has 3 atom stereocenters. The van der Waals surface area contributed by atoms with Crippen LogP contribution < -0.4 is 0 Å². The molecule has 0 aliphatic carbocycles. The van der Waals surface area contributed by atoms with Crippen molar-refractivity contribution in [3.05, 3.63) is 70.8 Å². The smallest absolute Gasteiger partial charge is 0.416 e. The van der Waals surface area contributed by atoms with Gasteiger partial charge in [-0.2, -0.15) is 26.3 Å². The molecule has 2 aromatic rings. The molecule has 0 amide bonds. The summed E-state index contributed by atoms with van der Waals surface area (Å²) in [6.45, 7) is 5.21. The maximum absolute atomic E-state index is 13.5. The lowest BCUT2D eigenvalue weighted by atomic mass is 9.83. The molecule has 11 heteroatoms. The maximum Gasteiger partial charge on any atom is 0.416 e. The van der Waals surface area contributed by atoms with Gasteiger partial charge in [-0.3, -0.25) is 9.69 Å². The first kappa shape index (κ1) is 30.5. The molecule has 1 aliphatic rings. The van der Waals surface area contributed by atoms with Crippen LogP contribution in [-0.4, -0.2) is 36.1 Å². The number of rotatable bonds is 6. The van der Waals surface area contributed by atoms with E-state index >= 15 is 0 Å². The molecular formula is C28H31F6NO4. The Kier molecular flexibility index (Phi) is 9.04. The van der Waals surface area contributed by atoms with Crippen molar-refractivity contribution in [2.45, 2.75) is 70.1 Å². The number of alkyl halides is 6. The van der Waals surface area contributed by atoms with Crippen molar-refractivity contribution in [3.63, 3.8) is 0 Å². The van der Waals surface area contributed by atoms with Gasteiger partial charge in [0.25, 0.3) is 0 Å². The van der Waals surface area contributed by atoms with E-state index in [9.17, 15) is 35.9 Å². The predicted octanol–water partition coefficient (Wildman–Crippen LogP) is 7.12. The second-order valence-corrected chi connectivity index (χ2v) is 10.6. The molecule has 214 valence electrons. The Morgan fingerprint density at radius 1 is 0.897 bits per heavy atom. The van der Waals surface area contributed by atoms with Crippen LogP contribution in [0.2, 0.25) is 0 Å². The van der Waals surface area contributed by atoms with Gasteiger partial charge in [0, 0.05) is 19.0 Å². The third-order valence-electron chi connectivity index (χ3n) is 6.57. The summed E-state index contributed by atoms with van der Waals surface area (Å²) in [5, 5.41) is 0. The van der Waals surface area contributed by atoms with E-state index < -0.39 is 53.1 Å². The summed E-state index contributed by atoms with van der Waals surface area (Å²) in [7, 11) is 1.26. The summed E-state index contributed by atoms with van der Waals surface area (Å²) in [6, 6.07) is 6.93. The van der Waals surface area contributed by atoms with Gasteiger partial charge in [0.05, 0.1) is 18.2 Å². The Hall–Kier alpha value is -3.08. The molecule has 1 fully saturated rings. The summed E-state index contributed by atoms with van der Waals surface area (Å²) in [5.74, 6) is -1.33. The van der Waals surface area contributed by atoms with Gasteiger partial charge >= 0.3 is 24.3 Å². The van der Waals surface area contributed by atoms with Crippen molar-refractivity contribution >= 4 is 11.9 Å². The minimum absolute atomic E-state index is 0.0822. The van der Waals surface area contributed by atoms with Crippen molar-refractivity contribution < 1.29 is 45.4 Å². The largest absolute Gasteiger partial charge is 0.469 e. The monoisotopic (exact) mass is 559 g/mol. The van der Waals surface area contributed by atoms with Crippen molar-refractivity contribution in [1.29, 1.82) is 0 Å². The fourth-order valence-corrected chi connectivity index (χ4v) is 4.77. The Morgan fingerprint density at radius 2 is 1.41 bits per heavy atom. The number of hydrogen-bond acceptors (Lipinski definition) is 5. The van der Waals surface area contributed by atoms with Crippen LogP contribution in [0.15, 0.2) is 48.5 Å². The highest BCUT2D eigenvalue weighted by Gasteiger charge is 2.41. The van der Waals surface area contributed by atoms with E-state index in [0.717, 1.165) is 24.3 Å². The molecule has 1 saturated heterocycles. The Balaban J connectivity index is 2.07. The van der Waals surface area contributed by atoms with E-state index in [1.807, 2.05) is 0 Å². The van der Waals surface area contributed by atoms with Gasteiger partial charge in [-0.05, 0) is 74.9 Å². The zero-order chi connectivity index (χ0) is 29.2. The first-order valence-corrected chi connectivity index (χ1v) is 12.4. The number of hydrogen-bond donors (Lipinski definition) is 0. The van der Waals surface area contributed by atoms with Gasteiger partial charge in [-0.15, -0.1) is 0 Å². The average Bonchev–Trinajstić information content (AvgIpc) is 2.83. The van der Waals surface area contributed by atoms with Crippen molar-refractivity contribution in [2.75, 3.05) is 13.7 Å². The maximum atomic E-state index is 13.5. The molecule has 1 heterocycles. The van der Waals surface area contributed by atoms with Crippen LogP contribution in [0, 0.1) is 5.92 Å². The minimum atomic E-state index is -4.57. The van der Waals surface area contributed by atoms with E-state index in [4.69, 9.17) is 9.47 Å². The Labute approximate surface area is 223 Å². The molecule has 0 saturated carbocycles. The standard InChI is InChI=1S/C28H31F6NO4/c1-26(2,3)39-25(37)24(19-7-11-21(12-8-19)28(32,33)34)35-14-13-17(16-23(36)38-4)15-22(35)18-5-9-20(10-6-18)27(29,30)31/h5-12,17,22,24H,13-16H2,1-4H3/t17-,22+,24+/m1/s1. The van der Waals surface area contributed by atoms with Gasteiger partial charge in [-0.25, -0.2) is 4.79 Å². The van der Waals surface area contributed by atoms with E-state index in [2.05, 4.69) is 0 Å². The molecule has 0 radical (unpaired) electrons. The van der Waals surface area contributed by atoms with Crippen LogP contribution in [-0.2, 0) is 31.4 Å². The topological polar surface area (TPSA) is 55.8 Å². The van der Waals surface area contributed by atoms with Gasteiger partial charge in [0.1, 0.15) is 11.6 Å². The number of likely N-dealkylation sites (tertiary alicyclic amines) is 1. The zero-order valence-electron chi connectivity index (χ0n) is 22.0. The number of methoxy groups -OCH3 is 1.